The van der Waals surface area contributed by atoms with Crippen molar-refractivity contribution in [3.63, 3.8) is 0 Å². The molecule has 0 saturated heterocycles. The molecule has 128 valence electrons. The Morgan fingerprint density at radius 2 is 1.83 bits per heavy atom. The topological polar surface area (TPSA) is 26.3 Å². The number of alkyl halides is 2. The van der Waals surface area contributed by atoms with Gasteiger partial charge in [-0.3, -0.25) is 4.79 Å². The minimum absolute atomic E-state index is 0.0409. The molecule has 2 rings (SSSR count). The summed E-state index contributed by atoms with van der Waals surface area (Å²) in [5.41, 5.74) is 1.07. The van der Waals surface area contributed by atoms with Crippen LogP contribution in [-0.4, -0.2) is 16.9 Å². The van der Waals surface area contributed by atoms with Crippen LogP contribution >= 0.6 is 31.9 Å². The van der Waals surface area contributed by atoms with Gasteiger partial charge in [-0.1, -0.05) is 83.0 Å². The Bertz CT molecular complexity index is 503. The summed E-state index contributed by atoms with van der Waals surface area (Å²) >= 11 is 7.13. The lowest BCUT2D eigenvalue weighted by molar-refractivity contribution is -0.153. The van der Waals surface area contributed by atoms with Crippen LogP contribution in [0.2, 0.25) is 0 Å². The molecule has 4 heteroatoms. The van der Waals surface area contributed by atoms with Crippen LogP contribution in [0.3, 0.4) is 0 Å². The molecule has 1 aromatic carbocycles. The summed E-state index contributed by atoms with van der Waals surface area (Å²) in [6, 6.07) is 9.95. The smallest absolute Gasteiger partial charge is 0.321 e. The van der Waals surface area contributed by atoms with E-state index in [9.17, 15) is 4.79 Å². The summed E-state index contributed by atoms with van der Waals surface area (Å²) in [4.78, 5) is 12.1. The monoisotopic (exact) mass is 444 g/mol. The largest absolute Gasteiger partial charge is 0.461 e. The minimum atomic E-state index is -0.378. The van der Waals surface area contributed by atoms with Gasteiger partial charge < -0.3 is 4.74 Å². The van der Waals surface area contributed by atoms with E-state index < -0.39 is 0 Å². The van der Waals surface area contributed by atoms with Crippen LogP contribution in [0.1, 0.15) is 50.4 Å². The average molecular weight is 446 g/mol. The summed E-state index contributed by atoms with van der Waals surface area (Å²) in [7, 11) is 0. The summed E-state index contributed by atoms with van der Waals surface area (Å²) in [6.45, 7) is 6.72. The molecule has 0 spiro atoms. The van der Waals surface area contributed by atoms with E-state index in [0.29, 0.717) is 17.8 Å². The molecule has 1 aliphatic carbocycles. The van der Waals surface area contributed by atoms with Gasteiger partial charge in [0.05, 0.1) is 4.83 Å². The van der Waals surface area contributed by atoms with Gasteiger partial charge in [0, 0.05) is 0 Å². The van der Waals surface area contributed by atoms with E-state index in [1.165, 1.54) is 6.42 Å². The number of carbonyl (C=O) groups excluding carboxylic acids is 1. The van der Waals surface area contributed by atoms with Crippen molar-refractivity contribution in [3.8, 4) is 0 Å². The van der Waals surface area contributed by atoms with Gasteiger partial charge >= 0.3 is 5.97 Å². The molecule has 1 aromatic rings. The lowest BCUT2D eigenvalue weighted by Crippen LogP contribution is -2.36. The molecule has 0 unspecified atom stereocenters. The molecule has 1 saturated carbocycles. The van der Waals surface area contributed by atoms with Crippen LogP contribution in [0.15, 0.2) is 30.3 Å². The van der Waals surface area contributed by atoms with Gasteiger partial charge in [-0.2, -0.15) is 0 Å². The Hall–Kier alpha value is -0.350. The molecular formula is C19H26Br2O2. The van der Waals surface area contributed by atoms with Crippen LogP contribution in [0.25, 0.3) is 0 Å². The number of ether oxygens (including phenoxy) is 1. The van der Waals surface area contributed by atoms with Gasteiger partial charge in [-0.15, -0.1) is 0 Å². The van der Waals surface area contributed by atoms with Crippen molar-refractivity contribution in [3.05, 3.63) is 35.9 Å². The lowest BCUT2D eigenvalue weighted by Gasteiger charge is -2.36. The molecule has 1 aliphatic rings. The molecule has 0 radical (unpaired) electrons. The van der Waals surface area contributed by atoms with Crippen LogP contribution in [0.5, 0.6) is 0 Å². The molecule has 0 aliphatic heterocycles. The van der Waals surface area contributed by atoms with Gasteiger partial charge in [0.1, 0.15) is 10.9 Å². The molecular weight excluding hydrogens is 420 g/mol. The third-order valence-corrected chi connectivity index (χ3v) is 7.64. The molecule has 2 nitrogen and oxygen atoms in total. The number of hydrogen-bond acceptors (Lipinski definition) is 2. The van der Waals surface area contributed by atoms with E-state index in [-0.39, 0.29) is 21.7 Å². The second-order valence-electron chi connectivity index (χ2n) is 6.98. The molecule has 5 atom stereocenters. The first-order valence-electron chi connectivity index (χ1n) is 8.43. The number of benzene rings is 1. The fourth-order valence-electron chi connectivity index (χ4n) is 3.22. The summed E-state index contributed by atoms with van der Waals surface area (Å²) in [5, 5.41) is 0. The molecule has 0 heterocycles. The first-order valence-corrected chi connectivity index (χ1v) is 10.3. The Kier molecular flexibility index (Phi) is 7.15. The predicted octanol–water partition coefficient (Wildman–Crippen LogP) is 5.89. The zero-order chi connectivity index (χ0) is 17.0. The zero-order valence-corrected chi connectivity index (χ0v) is 17.2. The Morgan fingerprint density at radius 1 is 1.17 bits per heavy atom. The molecule has 1 fully saturated rings. The number of hydrogen-bond donors (Lipinski definition) is 0. The third-order valence-electron chi connectivity index (χ3n) is 4.97. The standard InChI is InChI=1S/C19H26Br2O2/c1-12(2)15-10-9-13(3)16(11-15)23-19(22)18(21)17(20)14-7-5-4-6-8-14/h4-8,12-13,15-18H,9-11H2,1-3H3/t13-,15+,16+,17-,18-/m0/s1. The van der Waals surface area contributed by atoms with Crippen molar-refractivity contribution in [1.82, 2.24) is 0 Å². The van der Waals surface area contributed by atoms with Gasteiger partial charge in [0.2, 0.25) is 0 Å². The number of halogens is 2. The van der Waals surface area contributed by atoms with Crippen molar-refractivity contribution in [2.75, 3.05) is 0 Å². The second kappa shape index (κ2) is 8.66. The van der Waals surface area contributed by atoms with E-state index in [0.717, 1.165) is 18.4 Å². The highest BCUT2D eigenvalue weighted by atomic mass is 79.9. The normalized spacial score (nSPS) is 27.5. The van der Waals surface area contributed by atoms with E-state index in [4.69, 9.17) is 4.74 Å². The number of carbonyl (C=O) groups is 1. The maximum Gasteiger partial charge on any atom is 0.321 e. The maximum absolute atomic E-state index is 12.5. The fourth-order valence-corrected chi connectivity index (χ4v) is 4.15. The van der Waals surface area contributed by atoms with Gasteiger partial charge in [0.25, 0.3) is 0 Å². The fraction of sp³-hybridized carbons (Fsp3) is 0.632. The Morgan fingerprint density at radius 3 is 2.43 bits per heavy atom. The van der Waals surface area contributed by atoms with Crippen LogP contribution in [0.4, 0.5) is 0 Å². The number of rotatable bonds is 5. The van der Waals surface area contributed by atoms with Crippen LogP contribution < -0.4 is 0 Å². The molecule has 23 heavy (non-hydrogen) atoms. The van der Waals surface area contributed by atoms with Gasteiger partial charge in [0.15, 0.2) is 0 Å². The Labute approximate surface area is 156 Å². The van der Waals surface area contributed by atoms with E-state index >= 15 is 0 Å². The highest BCUT2D eigenvalue weighted by Gasteiger charge is 2.34. The highest BCUT2D eigenvalue weighted by molar-refractivity contribution is 9.12. The molecule has 0 amide bonds. The van der Waals surface area contributed by atoms with Gasteiger partial charge in [-0.25, -0.2) is 0 Å². The third kappa shape index (κ3) is 5.06. The summed E-state index contributed by atoms with van der Waals surface area (Å²) in [6.07, 6.45) is 3.42. The van der Waals surface area contributed by atoms with E-state index in [1.807, 2.05) is 30.3 Å². The average Bonchev–Trinajstić information content (AvgIpc) is 2.56. The van der Waals surface area contributed by atoms with Gasteiger partial charge in [-0.05, 0) is 42.6 Å². The highest BCUT2D eigenvalue weighted by Crippen LogP contribution is 2.37. The van der Waals surface area contributed by atoms with Crippen LogP contribution in [-0.2, 0) is 9.53 Å². The quantitative estimate of drug-likeness (QED) is 0.417. The van der Waals surface area contributed by atoms with Crippen molar-refractivity contribution in [1.29, 1.82) is 0 Å². The lowest BCUT2D eigenvalue weighted by atomic mass is 9.76. The Balaban J connectivity index is 1.97. The van der Waals surface area contributed by atoms with Crippen molar-refractivity contribution in [2.45, 2.75) is 55.8 Å². The summed E-state index contributed by atoms with van der Waals surface area (Å²) in [5.74, 6) is 1.58. The second-order valence-corrected chi connectivity index (χ2v) is 8.96. The zero-order valence-electron chi connectivity index (χ0n) is 14.0. The van der Waals surface area contributed by atoms with E-state index in [1.54, 1.807) is 0 Å². The van der Waals surface area contributed by atoms with Crippen LogP contribution in [0, 0.1) is 17.8 Å². The minimum Gasteiger partial charge on any atom is -0.461 e. The number of esters is 1. The SMILES string of the molecule is CC(C)[C@@H]1CC[C@H](C)[C@H](OC(=O)[C@@H](Br)[C@@H](Br)c2ccccc2)C1. The van der Waals surface area contributed by atoms with Crippen molar-refractivity contribution >= 4 is 37.8 Å². The summed E-state index contributed by atoms with van der Waals surface area (Å²) < 4.78 is 5.87. The molecule has 0 N–H and O–H groups in total. The van der Waals surface area contributed by atoms with Crippen molar-refractivity contribution in [2.24, 2.45) is 17.8 Å². The van der Waals surface area contributed by atoms with Crippen molar-refractivity contribution < 1.29 is 9.53 Å². The first kappa shape index (κ1) is 19.0. The first-order chi connectivity index (χ1) is 10.9. The molecule has 0 aromatic heterocycles. The predicted molar refractivity (Wildman–Crippen MR) is 102 cm³/mol. The van der Waals surface area contributed by atoms with E-state index in [2.05, 4.69) is 52.6 Å². The molecule has 0 bridgehead atoms. The maximum atomic E-state index is 12.5.